The van der Waals surface area contributed by atoms with Crippen LogP contribution in [0.5, 0.6) is 0 Å². The molecule has 1 aliphatic rings. The predicted octanol–water partition coefficient (Wildman–Crippen LogP) is 3.24. The van der Waals surface area contributed by atoms with Crippen LogP contribution in [0.25, 0.3) is 0 Å². The number of fused-ring (bicyclic) bond motifs is 1. The van der Waals surface area contributed by atoms with Crippen molar-refractivity contribution in [2.45, 2.75) is 26.3 Å². The SMILES string of the molecule is CC(C)C[C@H](C(=O)Nc1cccc([N+](=O)[O-])c1)N1C(=O)c2ccccc2C1=O. The van der Waals surface area contributed by atoms with Crippen LogP contribution in [0.15, 0.2) is 48.5 Å². The third kappa shape index (κ3) is 3.62. The van der Waals surface area contributed by atoms with Gasteiger partial charge < -0.3 is 5.32 Å². The maximum absolute atomic E-state index is 12.9. The standard InChI is InChI=1S/C20H19N3O5/c1-12(2)10-17(18(24)21-13-6-5-7-14(11-13)23(27)28)22-19(25)15-8-3-4-9-16(15)20(22)26/h3-9,11-12,17H,10H2,1-2H3,(H,21,24)/t17-/m1/s1. The van der Waals surface area contributed by atoms with Gasteiger partial charge in [0, 0.05) is 17.8 Å². The summed E-state index contributed by atoms with van der Waals surface area (Å²) in [4.78, 5) is 49.8. The normalized spacial score (nSPS) is 14.2. The van der Waals surface area contributed by atoms with E-state index in [-0.39, 0.29) is 34.8 Å². The van der Waals surface area contributed by atoms with Crippen molar-refractivity contribution in [3.63, 3.8) is 0 Å². The largest absolute Gasteiger partial charge is 0.324 e. The number of nitrogens with one attached hydrogen (secondary N) is 1. The molecule has 2 aromatic rings. The molecule has 1 atom stereocenters. The number of carbonyl (C=O) groups excluding carboxylic acids is 3. The Hall–Kier alpha value is -3.55. The molecule has 0 spiro atoms. The maximum Gasteiger partial charge on any atom is 0.271 e. The Balaban J connectivity index is 1.90. The van der Waals surface area contributed by atoms with E-state index in [2.05, 4.69) is 5.32 Å². The fourth-order valence-electron chi connectivity index (χ4n) is 3.19. The minimum atomic E-state index is -1.02. The van der Waals surface area contributed by atoms with Gasteiger partial charge in [-0.05, 0) is 30.5 Å². The molecule has 2 aromatic carbocycles. The van der Waals surface area contributed by atoms with Crippen LogP contribution >= 0.6 is 0 Å². The highest BCUT2D eigenvalue weighted by Crippen LogP contribution is 2.28. The van der Waals surface area contributed by atoms with E-state index >= 15 is 0 Å². The zero-order valence-electron chi connectivity index (χ0n) is 15.4. The topological polar surface area (TPSA) is 110 Å². The van der Waals surface area contributed by atoms with Crippen molar-refractivity contribution in [3.8, 4) is 0 Å². The zero-order valence-corrected chi connectivity index (χ0v) is 15.4. The molecule has 1 N–H and O–H groups in total. The van der Waals surface area contributed by atoms with Crippen LogP contribution in [0, 0.1) is 16.0 Å². The number of hydrogen-bond acceptors (Lipinski definition) is 5. The van der Waals surface area contributed by atoms with Gasteiger partial charge in [0.2, 0.25) is 5.91 Å². The van der Waals surface area contributed by atoms with Crippen LogP contribution in [0.1, 0.15) is 41.0 Å². The number of nitro groups is 1. The molecule has 3 rings (SSSR count). The number of rotatable bonds is 6. The Labute approximate surface area is 161 Å². The van der Waals surface area contributed by atoms with Gasteiger partial charge in [-0.3, -0.25) is 29.4 Å². The lowest BCUT2D eigenvalue weighted by molar-refractivity contribution is -0.384. The second-order valence-electron chi connectivity index (χ2n) is 6.97. The lowest BCUT2D eigenvalue weighted by Crippen LogP contribution is -2.47. The molecule has 1 heterocycles. The van der Waals surface area contributed by atoms with Gasteiger partial charge in [-0.2, -0.15) is 0 Å². The first-order valence-electron chi connectivity index (χ1n) is 8.82. The van der Waals surface area contributed by atoms with Crippen molar-refractivity contribution < 1.29 is 19.3 Å². The molecule has 28 heavy (non-hydrogen) atoms. The minimum Gasteiger partial charge on any atom is -0.324 e. The maximum atomic E-state index is 12.9. The van der Waals surface area contributed by atoms with Gasteiger partial charge >= 0.3 is 0 Å². The van der Waals surface area contributed by atoms with Crippen LogP contribution in [0.3, 0.4) is 0 Å². The molecular formula is C20H19N3O5. The third-order valence-corrected chi connectivity index (χ3v) is 4.46. The van der Waals surface area contributed by atoms with Gasteiger partial charge in [0.25, 0.3) is 17.5 Å². The molecule has 0 bridgehead atoms. The second-order valence-corrected chi connectivity index (χ2v) is 6.97. The molecule has 8 nitrogen and oxygen atoms in total. The van der Waals surface area contributed by atoms with E-state index in [0.717, 1.165) is 4.90 Å². The summed E-state index contributed by atoms with van der Waals surface area (Å²) in [5.74, 6) is -1.56. The molecule has 1 aliphatic heterocycles. The molecule has 0 aliphatic carbocycles. The van der Waals surface area contributed by atoms with E-state index in [1.54, 1.807) is 24.3 Å². The Kier molecular flexibility index (Phi) is 5.21. The summed E-state index contributed by atoms with van der Waals surface area (Å²) in [5, 5.41) is 13.5. The summed E-state index contributed by atoms with van der Waals surface area (Å²) < 4.78 is 0. The van der Waals surface area contributed by atoms with Gasteiger partial charge in [0.15, 0.2) is 0 Å². The van der Waals surface area contributed by atoms with Crippen LogP contribution in [0.2, 0.25) is 0 Å². The molecule has 0 unspecified atom stereocenters. The molecule has 0 aromatic heterocycles. The molecule has 144 valence electrons. The molecule has 3 amide bonds. The Morgan fingerprint density at radius 3 is 2.21 bits per heavy atom. The Morgan fingerprint density at radius 2 is 1.68 bits per heavy atom. The number of hydrogen-bond donors (Lipinski definition) is 1. The lowest BCUT2D eigenvalue weighted by atomic mass is 10.0. The molecule has 0 saturated heterocycles. The predicted molar refractivity (Wildman–Crippen MR) is 102 cm³/mol. The zero-order chi connectivity index (χ0) is 20.4. The van der Waals surface area contributed by atoms with Crippen molar-refractivity contribution in [2.75, 3.05) is 5.32 Å². The highest BCUT2D eigenvalue weighted by molar-refractivity contribution is 6.23. The quantitative estimate of drug-likeness (QED) is 0.469. The van der Waals surface area contributed by atoms with Gasteiger partial charge in [-0.15, -0.1) is 0 Å². The first-order valence-corrected chi connectivity index (χ1v) is 8.82. The van der Waals surface area contributed by atoms with E-state index < -0.39 is 28.7 Å². The summed E-state index contributed by atoms with van der Waals surface area (Å²) in [6.07, 6.45) is 0.270. The van der Waals surface area contributed by atoms with E-state index in [4.69, 9.17) is 0 Å². The monoisotopic (exact) mass is 381 g/mol. The van der Waals surface area contributed by atoms with Crippen LogP contribution in [-0.2, 0) is 4.79 Å². The van der Waals surface area contributed by atoms with Gasteiger partial charge in [0.1, 0.15) is 6.04 Å². The number of imide groups is 1. The molecule has 0 radical (unpaired) electrons. The Morgan fingerprint density at radius 1 is 1.07 bits per heavy atom. The summed E-state index contributed by atoms with van der Waals surface area (Å²) >= 11 is 0. The smallest absolute Gasteiger partial charge is 0.271 e. The van der Waals surface area contributed by atoms with Crippen LogP contribution in [0.4, 0.5) is 11.4 Å². The van der Waals surface area contributed by atoms with Crippen molar-refractivity contribution >= 4 is 29.1 Å². The van der Waals surface area contributed by atoms with Crippen molar-refractivity contribution in [1.82, 2.24) is 4.90 Å². The second kappa shape index (κ2) is 7.59. The molecule has 0 saturated carbocycles. The highest BCUT2D eigenvalue weighted by atomic mass is 16.6. The van der Waals surface area contributed by atoms with E-state index in [1.807, 2.05) is 13.8 Å². The van der Waals surface area contributed by atoms with E-state index in [0.29, 0.717) is 0 Å². The number of carbonyl (C=O) groups is 3. The average Bonchev–Trinajstić information content (AvgIpc) is 2.91. The van der Waals surface area contributed by atoms with Crippen molar-refractivity contribution in [3.05, 3.63) is 69.8 Å². The first kappa shape index (κ1) is 19.2. The van der Waals surface area contributed by atoms with Crippen molar-refractivity contribution in [1.29, 1.82) is 0 Å². The fraction of sp³-hybridized carbons (Fsp3) is 0.250. The molecule has 0 fully saturated rings. The van der Waals surface area contributed by atoms with Crippen LogP contribution in [-0.4, -0.2) is 33.6 Å². The summed E-state index contributed by atoms with van der Waals surface area (Å²) in [6, 6.07) is 10.9. The summed E-state index contributed by atoms with van der Waals surface area (Å²) in [5.41, 5.74) is 0.595. The molecule has 8 heteroatoms. The third-order valence-electron chi connectivity index (χ3n) is 4.46. The summed E-state index contributed by atoms with van der Waals surface area (Å²) in [6.45, 7) is 3.76. The Bertz CT molecular complexity index is 935. The minimum absolute atomic E-state index is 0.0326. The van der Waals surface area contributed by atoms with Crippen LogP contribution < -0.4 is 5.32 Å². The number of anilines is 1. The van der Waals surface area contributed by atoms with E-state index in [1.165, 1.54) is 24.3 Å². The van der Waals surface area contributed by atoms with E-state index in [9.17, 15) is 24.5 Å². The summed E-state index contributed by atoms with van der Waals surface area (Å²) in [7, 11) is 0. The average molecular weight is 381 g/mol. The van der Waals surface area contributed by atoms with Gasteiger partial charge in [-0.1, -0.05) is 32.0 Å². The number of nitro benzene ring substituents is 1. The highest BCUT2D eigenvalue weighted by Gasteiger charge is 2.42. The van der Waals surface area contributed by atoms with Gasteiger partial charge in [0.05, 0.1) is 16.1 Å². The fourth-order valence-corrected chi connectivity index (χ4v) is 3.19. The van der Waals surface area contributed by atoms with Gasteiger partial charge in [-0.25, -0.2) is 0 Å². The molecular weight excluding hydrogens is 362 g/mol. The number of benzene rings is 2. The number of non-ortho nitro benzene ring substituents is 1. The number of nitrogens with zero attached hydrogens (tertiary/aromatic N) is 2. The lowest BCUT2D eigenvalue weighted by Gasteiger charge is -2.26. The first-order chi connectivity index (χ1) is 13.3. The van der Waals surface area contributed by atoms with Crippen molar-refractivity contribution in [2.24, 2.45) is 5.92 Å². The number of amides is 3.